The number of hydrogen-bond acceptors (Lipinski definition) is 6. The van der Waals surface area contributed by atoms with Gasteiger partial charge in [0.15, 0.2) is 0 Å². The number of urea groups is 1. The van der Waals surface area contributed by atoms with Crippen molar-refractivity contribution < 1.29 is 23.5 Å². The minimum Gasteiger partial charge on any atom is -0.497 e. The van der Waals surface area contributed by atoms with Crippen LogP contribution >= 0.6 is 0 Å². The highest BCUT2D eigenvalue weighted by atomic mass is 16.5. The molecular weight excluding hydrogens is 412 g/mol. The van der Waals surface area contributed by atoms with Crippen molar-refractivity contribution in [2.24, 2.45) is 11.0 Å². The van der Waals surface area contributed by atoms with E-state index in [0.29, 0.717) is 17.9 Å². The van der Waals surface area contributed by atoms with Crippen LogP contribution in [0.3, 0.4) is 0 Å². The Morgan fingerprint density at radius 3 is 2.62 bits per heavy atom. The molecule has 2 atom stereocenters. The summed E-state index contributed by atoms with van der Waals surface area (Å²) in [5.41, 5.74) is 0.636. The second-order valence-corrected chi connectivity index (χ2v) is 8.55. The van der Waals surface area contributed by atoms with Crippen molar-refractivity contribution in [2.45, 2.75) is 37.8 Å². The monoisotopic (exact) mass is 436 g/mol. The Kier molecular flexibility index (Phi) is 4.76. The lowest BCUT2D eigenvalue weighted by molar-refractivity contribution is -0.140. The van der Waals surface area contributed by atoms with Crippen LogP contribution in [0.2, 0.25) is 0 Å². The molecule has 1 N–H and O–H groups in total. The first kappa shape index (κ1) is 20.3. The van der Waals surface area contributed by atoms with Gasteiger partial charge in [-0.05, 0) is 67.6 Å². The fourth-order valence-electron chi connectivity index (χ4n) is 4.41. The molecule has 0 spiro atoms. The molecule has 1 aromatic carbocycles. The van der Waals surface area contributed by atoms with Gasteiger partial charge in [-0.1, -0.05) is 0 Å². The van der Waals surface area contributed by atoms with Gasteiger partial charge in [-0.2, -0.15) is 5.10 Å². The Balaban J connectivity index is 1.39. The molecule has 0 bridgehead atoms. The molecule has 9 heteroatoms. The molecule has 0 radical (unpaired) electrons. The largest absolute Gasteiger partial charge is 0.497 e. The summed E-state index contributed by atoms with van der Waals surface area (Å²) >= 11 is 0. The van der Waals surface area contributed by atoms with Crippen molar-refractivity contribution in [1.82, 2.24) is 15.2 Å². The van der Waals surface area contributed by atoms with E-state index in [0.717, 1.165) is 29.1 Å². The van der Waals surface area contributed by atoms with Gasteiger partial charge in [-0.25, -0.2) is 9.80 Å². The minimum absolute atomic E-state index is 0.126. The van der Waals surface area contributed by atoms with Gasteiger partial charge in [-0.3, -0.25) is 14.5 Å². The Morgan fingerprint density at radius 2 is 2.00 bits per heavy atom. The van der Waals surface area contributed by atoms with E-state index in [4.69, 9.17) is 9.15 Å². The van der Waals surface area contributed by atoms with Crippen LogP contribution in [0, 0.1) is 5.92 Å². The first-order valence-electron chi connectivity index (χ1n) is 10.6. The molecule has 2 fully saturated rings. The Bertz CT molecular complexity index is 1090. The van der Waals surface area contributed by atoms with Crippen LogP contribution in [-0.2, 0) is 9.59 Å². The van der Waals surface area contributed by atoms with E-state index >= 15 is 0 Å². The fourth-order valence-corrected chi connectivity index (χ4v) is 4.41. The lowest BCUT2D eigenvalue weighted by Crippen LogP contribution is -2.47. The molecule has 1 aromatic heterocycles. The average molecular weight is 436 g/mol. The topological polar surface area (TPSA) is 104 Å². The van der Waals surface area contributed by atoms with Crippen LogP contribution in [0.15, 0.2) is 52.2 Å². The zero-order chi connectivity index (χ0) is 22.5. The molecule has 0 unspecified atom stereocenters. The summed E-state index contributed by atoms with van der Waals surface area (Å²) in [4.78, 5) is 39.7. The predicted octanol–water partition coefficient (Wildman–Crippen LogP) is 2.69. The Morgan fingerprint density at radius 1 is 1.25 bits per heavy atom. The summed E-state index contributed by atoms with van der Waals surface area (Å²) in [5, 5.41) is 8.65. The molecular formula is C23H24N4O5. The highest BCUT2D eigenvalue weighted by Gasteiger charge is 2.56. The lowest BCUT2D eigenvalue weighted by Gasteiger charge is -2.23. The smallest absolute Gasteiger partial charge is 0.325 e. The molecule has 1 saturated carbocycles. The quantitative estimate of drug-likeness (QED) is 0.701. The normalized spacial score (nSPS) is 25.2. The number of carbonyl (C=O) groups is 3. The van der Waals surface area contributed by atoms with Crippen molar-refractivity contribution >= 4 is 23.6 Å². The van der Waals surface area contributed by atoms with Crippen LogP contribution in [0.25, 0.3) is 0 Å². The zero-order valence-corrected chi connectivity index (χ0v) is 17.9. The molecule has 3 aliphatic rings. The number of rotatable bonds is 6. The third-order valence-corrected chi connectivity index (χ3v) is 6.45. The number of carbonyl (C=O) groups excluding carboxylic acids is 3. The van der Waals surface area contributed by atoms with Gasteiger partial charge < -0.3 is 14.5 Å². The molecule has 166 valence electrons. The van der Waals surface area contributed by atoms with Crippen LogP contribution < -0.4 is 10.1 Å². The van der Waals surface area contributed by atoms with E-state index in [1.165, 1.54) is 5.01 Å². The van der Waals surface area contributed by atoms with Gasteiger partial charge in [0, 0.05) is 6.42 Å². The van der Waals surface area contributed by atoms with Gasteiger partial charge in [0.1, 0.15) is 29.6 Å². The van der Waals surface area contributed by atoms with Crippen LogP contribution in [-0.4, -0.2) is 52.7 Å². The maximum atomic E-state index is 13.3. The summed E-state index contributed by atoms with van der Waals surface area (Å²) in [5.74, 6) is 0.636. The number of nitrogens with one attached hydrogen (secondary N) is 1. The summed E-state index contributed by atoms with van der Waals surface area (Å²) in [7, 11) is 1.60. The van der Waals surface area contributed by atoms with Gasteiger partial charge in [0.2, 0.25) is 0 Å². The molecule has 9 nitrogen and oxygen atoms in total. The van der Waals surface area contributed by atoms with Crippen molar-refractivity contribution in [2.75, 3.05) is 13.7 Å². The van der Waals surface area contributed by atoms with E-state index in [9.17, 15) is 14.4 Å². The number of ether oxygens (including phenoxy) is 1. The molecule has 1 aliphatic carbocycles. The number of hydrogen-bond donors (Lipinski definition) is 1. The number of hydrazone groups is 1. The van der Waals surface area contributed by atoms with Crippen LogP contribution in [0.5, 0.6) is 5.75 Å². The lowest BCUT2D eigenvalue weighted by atomic mass is 9.96. The highest BCUT2D eigenvalue weighted by Crippen LogP contribution is 2.42. The number of methoxy groups -OCH3 is 1. The molecule has 1 saturated heterocycles. The Labute approximate surface area is 185 Å². The van der Waals surface area contributed by atoms with E-state index in [1.807, 2.05) is 24.3 Å². The SMILES string of the molecule is COc1ccc(C2=NN(C(=O)CN3C(=O)N[C@@](C)(C4CC4)C3=O)[C@@H](c3ccco3)C2)cc1. The van der Waals surface area contributed by atoms with E-state index in [1.54, 1.807) is 32.4 Å². The second-order valence-electron chi connectivity index (χ2n) is 8.55. The zero-order valence-electron chi connectivity index (χ0n) is 17.9. The van der Waals surface area contributed by atoms with Crippen molar-refractivity contribution in [3.63, 3.8) is 0 Å². The number of nitrogens with zero attached hydrogens (tertiary/aromatic N) is 3. The number of imide groups is 1. The minimum atomic E-state index is -0.930. The summed E-state index contributed by atoms with van der Waals surface area (Å²) in [6, 6.07) is 9.96. The van der Waals surface area contributed by atoms with E-state index in [-0.39, 0.29) is 18.4 Å². The third-order valence-electron chi connectivity index (χ3n) is 6.45. The summed E-state index contributed by atoms with van der Waals surface area (Å²) < 4.78 is 10.8. The number of benzene rings is 1. The number of amides is 4. The number of furan rings is 1. The van der Waals surface area contributed by atoms with Gasteiger partial charge in [0.25, 0.3) is 11.8 Å². The predicted molar refractivity (Wildman–Crippen MR) is 114 cm³/mol. The average Bonchev–Trinajstić information content (AvgIpc) is 3.26. The highest BCUT2D eigenvalue weighted by molar-refractivity contribution is 6.09. The van der Waals surface area contributed by atoms with Gasteiger partial charge in [-0.15, -0.1) is 0 Å². The summed E-state index contributed by atoms with van der Waals surface area (Å²) in [6.45, 7) is 1.36. The maximum Gasteiger partial charge on any atom is 0.325 e. The van der Waals surface area contributed by atoms with Gasteiger partial charge in [0.05, 0.1) is 19.1 Å². The third kappa shape index (κ3) is 3.34. The van der Waals surface area contributed by atoms with Crippen LogP contribution in [0.4, 0.5) is 4.79 Å². The second kappa shape index (κ2) is 7.51. The molecule has 5 rings (SSSR count). The Hall–Kier alpha value is -3.62. The van der Waals surface area contributed by atoms with Crippen molar-refractivity contribution in [3.05, 3.63) is 54.0 Å². The molecule has 4 amide bonds. The molecule has 2 aliphatic heterocycles. The van der Waals surface area contributed by atoms with Crippen molar-refractivity contribution in [3.8, 4) is 5.75 Å². The fraction of sp³-hybridized carbons (Fsp3) is 0.391. The molecule has 3 heterocycles. The van der Waals surface area contributed by atoms with Crippen molar-refractivity contribution in [1.29, 1.82) is 0 Å². The standard InChI is InChI=1S/C23H24N4O5/c1-23(15-7-8-15)21(29)26(22(30)24-23)13-20(28)27-18(19-4-3-11-32-19)12-17(25-27)14-5-9-16(31-2)10-6-14/h3-6,9-11,15,18H,7-8,12-13H2,1-2H3,(H,24,30)/t18-,23+/m1/s1. The molecule has 32 heavy (non-hydrogen) atoms. The first-order chi connectivity index (χ1) is 15.4. The van der Waals surface area contributed by atoms with E-state index < -0.39 is 23.5 Å². The first-order valence-corrected chi connectivity index (χ1v) is 10.6. The van der Waals surface area contributed by atoms with Gasteiger partial charge >= 0.3 is 6.03 Å². The molecule has 2 aromatic rings. The summed E-state index contributed by atoms with van der Waals surface area (Å²) in [6.07, 6.45) is 3.78. The van der Waals surface area contributed by atoms with Crippen LogP contribution in [0.1, 0.15) is 43.6 Å². The van der Waals surface area contributed by atoms with E-state index in [2.05, 4.69) is 10.4 Å². The maximum absolute atomic E-state index is 13.3.